The van der Waals surface area contributed by atoms with Crippen molar-refractivity contribution >= 4 is 34.4 Å². The Bertz CT molecular complexity index is 922. The lowest BCUT2D eigenvalue weighted by atomic mass is 10.2. The molecule has 3 aromatic rings. The fourth-order valence-electron chi connectivity index (χ4n) is 2.23. The minimum absolute atomic E-state index is 0.187. The molecule has 3 rings (SSSR count). The van der Waals surface area contributed by atoms with Gasteiger partial charge in [0.25, 0.3) is 11.5 Å². The van der Waals surface area contributed by atoms with E-state index < -0.39 is 0 Å². The topological polar surface area (TPSA) is 86.9 Å². The third-order valence-electron chi connectivity index (χ3n) is 3.42. The molecule has 0 fully saturated rings. The van der Waals surface area contributed by atoms with E-state index in [2.05, 4.69) is 20.6 Å². The van der Waals surface area contributed by atoms with Crippen LogP contribution in [-0.2, 0) is 0 Å². The van der Waals surface area contributed by atoms with Gasteiger partial charge >= 0.3 is 0 Å². The number of nitrogens with zero attached hydrogens (tertiary/aromatic N) is 1. The summed E-state index contributed by atoms with van der Waals surface area (Å²) in [6.07, 6.45) is 0. The smallest absolute Gasteiger partial charge is 0.260 e. The zero-order chi connectivity index (χ0) is 16.9. The predicted molar refractivity (Wildman–Crippen MR) is 94.6 cm³/mol. The number of hydrogen-bond acceptors (Lipinski definition) is 4. The molecule has 0 bridgehead atoms. The molecule has 2 aromatic carbocycles. The van der Waals surface area contributed by atoms with Crippen LogP contribution >= 0.6 is 11.6 Å². The summed E-state index contributed by atoms with van der Waals surface area (Å²) in [5.74, 6) is 0.188. The molecule has 6 nitrogen and oxygen atoms in total. The second-order valence-electron chi connectivity index (χ2n) is 5.12. The highest BCUT2D eigenvalue weighted by Crippen LogP contribution is 2.09. The van der Waals surface area contributed by atoms with Crippen LogP contribution in [0, 0.1) is 0 Å². The summed E-state index contributed by atoms with van der Waals surface area (Å²) in [5, 5.41) is 6.89. The number of rotatable bonds is 5. The van der Waals surface area contributed by atoms with Crippen molar-refractivity contribution in [3.05, 3.63) is 69.5 Å². The zero-order valence-corrected chi connectivity index (χ0v) is 13.4. The zero-order valence-electron chi connectivity index (χ0n) is 12.7. The Morgan fingerprint density at radius 3 is 2.62 bits per heavy atom. The molecule has 7 heteroatoms. The fourth-order valence-corrected chi connectivity index (χ4v) is 2.36. The Hall–Kier alpha value is -2.86. The maximum Gasteiger partial charge on any atom is 0.260 e. The van der Waals surface area contributed by atoms with E-state index in [9.17, 15) is 9.59 Å². The molecule has 0 aliphatic carbocycles. The highest BCUT2D eigenvalue weighted by molar-refractivity contribution is 6.30. The Morgan fingerprint density at radius 1 is 1.08 bits per heavy atom. The first-order valence-electron chi connectivity index (χ1n) is 7.40. The number of aromatic amines is 1. The van der Waals surface area contributed by atoms with Gasteiger partial charge in [0.05, 0.1) is 10.9 Å². The molecular formula is C17H15ClN4O2. The third-order valence-corrected chi connectivity index (χ3v) is 3.67. The van der Waals surface area contributed by atoms with Crippen LogP contribution < -0.4 is 16.2 Å². The molecular weight excluding hydrogens is 328 g/mol. The minimum Gasteiger partial charge on any atom is -0.354 e. The summed E-state index contributed by atoms with van der Waals surface area (Å²) < 4.78 is 0. The van der Waals surface area contributed by atoms with Gasteiger partial charge in [0.1, 0.15) is 0 Å². The first kappa shape index (κ1) is 16.0. The van der Waals surface area contributed by atoms with Crippen LogP contribution in [0.3, 0.4) is 0 Å². The second-order valence-corrected chi connectivity index (χ2v) is 5.56. The molecule has 1 heterocycles. The fraction of sp³-hybridized carbons (Fsp3) is 0.118. The molecule has 1 aromatic heterocycles. The van der Waals surface area contributed by atoms with Gasteiger partial charge in [-0.25, -0.2) is 4.98 Å². The van der Waals surface area contributed by atoms with Crippen molar-refractivity contribution < 1.29 is 4.79 Å². The van der Waals surface area contributed by atoms with Crippen LogP contribution in [-0.4, -0.2) is 29.0 Å². The number of H-pyrrole nitrogens is 1. The summed E-state index contributed by atoms with van der Waals surface area (Å²) in [7, 11) is 0. The van der Waals surface area contributed by atoms with Crippen LogP contribution in [0.15, 0.2) is 53.3 Å². The van der Waals surface area contributed by atoms with Crippen LogP contribution in [0.5, 0.6) is 0 Å². The van der Waals surface area contributed by atoms with Gasteiger partial charge in [-0.1, -0.05) is 23.7 Å². The molecule has 3 N–H and O–H groups in total. The largest absolute Gasteiger partial charge is 0.354 e. The highest BCUT2D eigenvalue weighted by atomic mass is 35.5. The monoisotopic (exact) mass is 342 g/mol. The summed E-state index contributed by atoms with van der Waals surface area (Å²) in [5.41, 5.74) is 0.957. The first-order chi connectivity index (χ1) is 11.6. The third kappa shape index (κ3) is 3.72. The maximum atomic E-state index is 11.9. The molecule has 24 heavy (non-hydrogen) atoms. The summed E-state index contributed by atoms with van der Waals surface area (Å²) in [4.78, 5) is 30.9. The van der Waals surface area contributed by atoms with Gasteiger partial charge in [0, 0.05) is 23.7 Å². The maximum absolute atomic E-state index is 11.9. The quantitative estimate of drug-likeness (QED) is 0.621. The van der Waals surface area contributed by atoms with E-state index in [1.807, 2.05) is 6.07 Å². The molecule has 0 aliphatic heterocycles. The van der Waals surface area contributed by atoms with Gasteiger partial charge in [-0.3, -0.25) is 14.6 Å². The molecule has 0 unspecified atom stereocenters. The van der Waals surface area contributed by atoms with Crippen LogP contribution in [0.1, 0.15) is 10.4 Å². The lowest BCUT2D eigenvalue weighted by Gasteiger charge is -2.08. The van der Waals surface area contributed by atoms with Crippen molar-refractivity contribution in [3.63, 3.8) is 0 Å². The number of fused-ring (bicyclic) bond motifs is 1. The lowest BCUT2D eigenvalue weighted by molar-refractivity contribution is 0.0955. The van der Waals surface area contributed by atoms with E-state index in [0.717, 1.165) is 0 Å². The first-order valence-corrected chi connectivity index (χ1v) is 7.78. The standard InChI is InChI=1S/C17H15ClN4O2/c18-12-7-5-11(6-8-12)15(23)19-9-10-20-17-21-14-4-2-1-3-13(14)16(24)22-17/h1-8H,9-10H2,(H,19,23)(H2,20,21,22,24). The molecule has 0 atom stereocenters. The Kier molecular flexibility index (Phi) is 4.77. The molecule has 0 spiro atoms. The Balaban J connectivity index is 1.56. The summed E-state index contributed by atoms with van der Waals surface area (Å²) in [6.45, 7) is 0.818. The number of hydrogen-bond donors (Lipinski definition) is 3. The number of halogens is 1. The Labute approximate surface area is 142 Å². The van der Waals surface area contributed by atoms with Gasteiger partial charge < -0.3 is 10.6 Å². The van der Waals surface area contributed by atoms with Crippen molar-refractivity contribution in [1.82, 2.24) is 15.3 Å². The number of nitrogens with one attached hydrogen (secondary N) is 3. The van der Waals surface area contributed by atoms with E-state index >= 15 is 0 Å². The average Bonchev–Trinajstić information content (AvgIpc) is 2.59. The normalized spacial score (nSPS) is 10.5. The minimum atomic E-state index is -0.201. The Morgan fingerprint density at radius 2 is 1.83 bits per heavy atom. The number of carbonyl (C=O) groups excluding carboxylic acids is 1. The van der Waals surface area contributed by atoms with Crippen LogP contribution in [0.2, 0.25) is 5.02 Å². The van der Waals surface area contributed by atoms with Gasteiger partial charge in [0.2, 0.25) is 5.95 Å². The van der Waals surface area contributed by atoms with E-state index in [1.54, 1.807) is 42.5 Å². The number of para-hydroxylation sites is 1. The lowest BCUT2D eigenvalue weighted by Crippen LogP contribution is -2.29. The van der Waals surface area contributed by atoms with Gasteiger partial charge in [-0.15, -0.1) is 0 Å². The SMILES string of the molecule is O=C(NCCNc1nc2ccccc2c(=O)[nH]1)c1ccc(Cl)cc1. The molecule has 0 radical (unpaired) electrons. The average molecular weight is 343 g/mol. The van der Waals surface area contributed by atoms with Gasteiger partial charge in [-0.05, 0) is 36.4 Å². The number of anilines is 1. The van der Waals surface area contributed by atoms with Crippen molar-refractivity contribution in [2.75, 3.05) is 18.4 Å². The molecule has 0 saturated heterocycles. The number of aromatic nitrogens is 2. The van der Waals surface area contributed by atoms with E-state index in [4.69, 9.17) is 11.6 Å². The molecule has 122 valence electrons. The number of benzene rings is 2. The molecule has 1 amide bonds. The van der Waals surface area contributed by atoms with Crippen molar-refractivity contribution in [1.29, 1.82) is 0 Å². The predicted octanol–water partition coefficient (Wildman–Crippen LogP) is 2.42. The van der Waals surface area contributed by atoms with Gasteiger partial charge in [-0.2, -0.15) is 0 Å². The van der Waals surface area contributed by atoms with E-state index in [0.29, 0.717) is 40.5 Å². The van der Waals surface area contributed by atoms with E-state index in [-0.39, 0.29) is 11.5 Å². The van der Waals surface area contributed by atoms with E-state index in [1.165, 1.54) is 0 Å². The van der Waals surface area contributed by atoms with Crippen molar-refractivity contribution in [2.24, 2.45) is 0 Å². The summed E-state index contributed by atoms with van der Waals surface area (Å²) >= 11 is 5.79. The van der Waals surface area contributed by atoms with Crippen molar-refractivity contribution in [3.8, 4) is 0 Å². The second kappa shape index (κ2) is 7.14. The number of amides is 1. The van der Waals surface area contributed by atoms with Crippen LogP contribution in [0.25, 0.3) is 10.9 Å². The highest BCUT2D eigenvalue weighted by Gasteiger charge is 2.05. The molecule has 0 aliphatic rings. The van der Waals surface area contributed by atoms with Crippen LogP contribution in [0.4, 0.5) is 5.95 Å². The van der Waals surface area contributed by atoms with Gasteiger partial charge in [0.15, 0.2) is 0 Å². The molecule has 0 saturated carbocycles. The van der Waals surface area contributed by atoms with Crippen molar-refractivity contribution in [2.45, 2.75) is 0 Å². The summed E-state index contributed by atoms with van der Waals surface area (Å²) in [6, 6.07) is 13.8. The number of carbonyl (C=O) groups is 1.